The zero-order valence-corrected chi connectivity index (χ0v) is 34.0. The Morgan fingerprint density at radius 3 is 1.52 bits per heavy atom. The summed E-state index contributed by atoms with van der Waals surface area (Å²) in [6.45, 7) is 1.20. The van der Waals surface area contributed by atoms with Crippen molar-refractivity contribution in [3.63, 3.8) is 0 Å². The quantitative estimate of drug-likeness (QED) is 0.0179. The van der Waals surface area contributed by atoms with E-state index in [0.29, 0.717) is 31.1 Å². The zero-order valence-electron chi connectivity index (χ0n) is 28.3. The molecule has 0 bridgehead atoms. The Kier molecular flexibility index (Phi) is 17.3. The van der Waals surface area contributed by atoms with Gasteiger partial charge in [-0.2, -0.15) is 29.9 Å². The minimum absolute atomic E-state index is 0. The van der Waals surface area contributed by atoms with Crippen LogP contribution in [0.2, 0.25) is 0 Å². The van der Waals surface area contributed by atoms with E-state index in [9.17, 15) is 25.9 Å². The SMILES string of the molecule is O=S(=O)([O-])CCNc1nc(NCCOCCO)nc(Nc2cccc3c(Nc4nc(NCCS(=O)(=O)[O-])nc(NCC5CO5)n4)cccc23)n1.[Na+].[Na+]. The number of aliphatic hydroxyl groups excluding tert-OH is 1. The van der Waals surface area contributed by atoms with E-state index in [1.807, 2.05) is 12.1 Å². The van der Waals surface area contributed by atoms with E-state index in [4.69, 9.17) is 14.6 Å². The number of anilines is 8. The van der Waals surface area contributed by atoms with Crippen LogP contribution in [-0.4, -0.2) is 131 Å². The van der Waals surface area contributed by atoms with Gasteiger partial charge in [0.2, 0.25) is 35.7 Å². The first-order chi connectivity index (χ1) is 23.9. The molecule has 1 aliphatic heterocycles. The van der Waals surface area contributed by atoms with Gasteiger partial charge in [0.1, 0.15) is 0 Å². The largest absolute Gasteiger partial charge is 1.00 e. The van der Waals surface area contributed by atoms with Gasteiger partial charge in [-0.3, -0.25) is 0 Å². The number of benzene rings is 2. The molecule has 1 fully saturated rings. The third-order valence-electron chi connectivity index (χ3n) is 6.61. The van der Waals surface area contributed by atoms with Crippen LogP contribution in [0.3, 0.4) is 0 Å². The fourth-order valence-corrected chi connectivity index (χ4v) is 5.02. The second-order valence-electron chi connectivity index (χ2n) is 10.5. The number of hydrogen-bond donors (Lipinski definition) is 7. The van der Waals surface area contributed by atoms with E-state index >= 15 is 0 Å². The van der Waals surface area contributed by atoms with E-state index in [1.54, 1.807) is 24.3 Å². The number of aromatic nitrogens is 6. The first-order valence-corrected chi connectivity index (χ1v) is 18.3. The molecular weight excluding hydrogens is 746 g/mol. The first-order valence-electron chi connectivity index (χ1n) is 15.1. The van der Waals surface area contributed by atoms with Gasteiger partial charge in [0.05, 0.1) is 64.3 Å². The van der Waals surface area contributed by atoms with Crippen molar-refractivity contribution in [3.8, 4) is 0 Å². The van der Waals surface area contributed by atoms with Crippen molar-refractivity contribution in [3.05, 3.63) is 36.4 Å². The van der Waals surface area contributed by atoms with Crippen LogP contribution in [0.5, 0.6) is 0 Å². The molecule has 3 heterocycles. The second-order valence-corrected chi connectivity index (χ2v) is 13.6. The van der Waals surface area contributed by atoms with Crippen LogP contribution in [0.4, 0.5) is 47.1 Å². The van der Waals surface area contributed by atoms with Crippen molar-refractivity contribution in [2.24, 2.45) is 0 Å². The maximum atomic E-state index is 11.1. The average Bonchev–Trinajstić information content (AvgIpc) is 3.88. The van der Waals surface area contributed by atoms with Crippen LogP contribution >= 0.6 is 0 Å². The summed E-state index contributed by atoms with van der Waals surface area (Å²) in [7, 11) is -8.92. The normalized spacial score (nSPS) is 13.7. The van der Waals surface area contributed by atoms with Crippen molar-refractivity contribution in [1.29, 1.82) is 0 Å². The minimum Gasteiger partial charge on any atom is -0.748 e. The van der Waals surface area contributed by atoms with Gasteiger partial charge in [0, 0.05) is 48.3 Å². The Labute approximate surface area is 343 Å². The summed E-state index contributed by atoms with van der Waals surface area (Å²) in [5.41, 5.74) is 1.19. The summed E-state index contributed by atoms with van der Waals surface area (Å²) in [5.74, 6) is -0.714. The smallest absolute Gasteiger partial charge is 0.748 e. The summed E-state index contributed by atoms with van der Waals surface area (Å²) >= 11 is 0. The maximum Gasteiger partial charge on any atom is 1.00 e. The van der Waals surface area contributed by atoms with E-state index in [2.05, 4.69) is 61.8 Å². The first kappa shape index (κ1) is 43.6. The Morgan fingerprint density at radius 2 is 1.10 bits per heavy atom. The maximum absolute atomic E-state index is 11.1. The molecule has 52 heavy (non-hydrogen) atoms. The molecule has 1 unspecified atom stereocenters. The number of rotatable bonds is 21. The molecule has 1 saturated heterocycles. The number of nitrogens with zero attached hydrogens (tertiary/aromatic N) is 6. The minimum atomic E-state index is -4.47. The molecule has 5 rings (SSSR count). The number of ether oxygens (including phenoxy) is 2. The van der Waals surface area contributed by atoms with Gasteiger partial charge in [-0.15, -0.1) is 0 Å². The Hall–Kier alpha value is -2.78. The standard InChI is InChI=1S/C27H36N12O9S2.2Na/c40-10-12-47-11-7-28-22-34-23(29-8-13-49(41,42)43)37-26(36-22)32-20-5-1-4-19-18(20)3-2-6-21(19)33-27-38-24(30-9-14-50(44,45)46)35-25(39-27)31-15-17-16-48-17;;/h1-6,17,40H,7-16H2,(H,41,42,43)(H,44,45,46)(H3,28,29,32,34,36,37)(H3,30,31,33,35,38,39);;/q;2*+1/p-2. The van der Waals surface area contributed by atoms with Crippen LogP contribution < -0.4 is 91.0 Å². The van der Waals surface area contributed by atoms with Gasteiger partial charge in [0.25, 0.3) is 0 Å². The molecule has 0 spiro atoms. The van der Waals surface area contributed by atoms with Gasteiger partial charge >= 0.3 is 59.1 Å². The number of hydrogen-bond acceptors (Lipinski definition) is 21. The fraction of sp³-hybridized carbons (Fsp3) is 0.407. The van der Waals surface area contributed by atoms with Gasteiger partial charge in [0.15, 0.2) is 0 Å². The average molecular weight is 781 g/mol. The Morgan fingerprint density at radius 1 is 0.673 bits per heavy atom. The summed E-state index contributed by atoms with van der Waals surface area (Å²) in [4.78, 5) is 26.0. The topological polar surface area (TPSA) is 306 Å². The van der Waals surface area contributed by atoms with Crippen LogP contribution in [0.15, 0.2) is 36.4 Å². The molecule has 25 heteroatoms. The van der Waals surface area contributed by atoms with Crippen LogP contribution in [-0.2, 0) is 29.7 Å². The molecule has 21 nitrogen and oxygen atoms in total. The van der Waals surface area contributed by atoms with Gasteiger partial charge in [-0.1, -0.05) is 24.3 Å². The summed E-state index contributed by atoms with van der Waals surface area (Å²) < 4.78 is 77.0. The van der Waals surface area contributed by atoms with E-state index in [1.165, 1.54) is 0 Å². The van der Waals surface area contributed by atoms with Gasteiger partial charge < -0.3 is 55.6 Å². The van der Waals surface area contributed by atoms with Gasteiger partial charge in [-0.05, 0) is 12.1 Å². The number of aliphatic hydroxyl groups is 1. The monoisotopic (exact) mass is 780 g/mol. The van der Waals surface area contributed by atoms with Crippen molar-refractivity contribution in [1.82, 2.24) is 29.9 Å². The molecule has 0 amide bonds. The molecule has 7 N–H and O–H groups in total. The van der Waals surface area contributed by atoms with Crippen LogP contribution in [0.1, 0.15) is 0 Å². The zero-order chi connectivity index (χ0) is 35.6. The van der Waals surface area contributed by atoms with E-state index in [0.717, 1.165) is 10.8 Å². The number of epoxide rings is 1. The molecule has 1 atom stereocenters. The van der Waals surface area contributed by atoms with E-state index < -0.39 is 31.7 Å². The Balaban J connectivity index is 0.00000364. The number of nitrogens with one attached hydrogen (secondary N) is 6. The third-order valence-corrected chi connectivity index (χ3v) is 8.02. The molecule has 1 aliphatic rings. The second kappa shape index (κ2) is 20.6. The third kappa shape index (κ3) is 14.9. The van der Waals surface area contributed by atoms with Crippen molar-refractivity contribution in [2.45, 2.75) is 6.10 Å². The van der Waals surface area contributed by atoms with Crippen LogP contribution in [0, 0.1) is 0 Å². The molecule has 0 saturated carbocycles. The summed E-state index contributed by atoms with van der Waals surface area (Å²) in [6, 6.07) is 10.9. The molecule has 4 aromatic rings. The Bertz CT molecular complexity index is 2000. The number of fused-ring (bicyclic) bond motifs is 1. The molecule has 0 aliphatic carbocycles. The molecular formula is C27H34N12Na2O9S2. The van der Waals surface area contributed by atoms with E-state index in [-0.39, 0.29) is 134 Å². The van der Waals surface area contributed by atoms with Crippen molar-refractivity contribution in [2.75, 3.05) is 96.0 Å². The summed E-state index contributed by atoms with van der Waals surface area (Å²) in [5, 5.41) is 28.2. The molecule has 0 radical (unpaired) electrons. The predicted octanol–water partition coefficient (Wildman–Crippen LogP) is -6.15. The fourth-order valence-electron chi connectivity index (χ4n) is 4.32. The summed E-state index contributed by atoms with van der Waals surface area (Å²) in [6.07, 6.45) is 0.0251. The molecule has 270 valence electrons. The molecule has 2 aromatic carbocycles. The van der Waals surface area contributed by atoms with Crippen LogP contribution in [0.25, 0.3) is 10.8 Å². The molecule has 2 aromatic heterocycles. The van der Waals surface area contributed by atoms with Crippen molar-refractivity contribution >= 4 is 78.1 Å². The predicted molar refractivity (Wildman–Crippen MR) is 181 cm³/mol. The van der Waals surface area contributed by atoms with Gasteiger partial charge in [-0.25, -0.2) is 16.8 Å². The van der Waals surface area contributed by atoms with Crippen molar-refractivity contribution < 1.29 is 99.6 Å².